The van der Waals surface area contributed by atoms with Crippen LogP contribution in [-0.2, 0) is 13.1 Å². The molecule has 0 aliphatic heterocycles. The van der Waals surface area contributed by atoms with Crippen LogP contribution in [0.1, 0.15) is 25.8 Å². The molecule has 34 heavy (non-hydrogen) atoms. The van der Waals surface area contributed by atoms with E-state index in [4.69, 9.17) is 0 Å². The Labute approximate surface area is 191 Å². The quantitative estimate of drug-likeness (QED) is 0.304. The molecule has 0 fully saturated rings. The maximum absolute atomic E-state index is 14.7. The summed E-state index contributed by atoms with van der Waals surface area (Å²) in [5.41, 5.74) is -1.28. The first-order valence-electron chi connectivity index (χ1n) is 10.6. The molecule has 0 saturated carbocycles. The van der Waals surface area contributed by atoms with Gasteiger partial charge in [0.2, 0.25) is 0 Å². The third-order valence-corrected chi connectivity index (χ3v) is 5.46. The van der Waals surface area contributed by atoms with Crippen molar-refractivity contribution in [3.05, 3.63) is 96.9 Å². The van der Waals surface area contributed by atoms with E-state index in [2.05, 4.69) is 4.98 Å². The molecular formula is C23H21F2N5O4. The van der Waals surface area contributed by atoms with Gasteiger partial charge in [0.05, 0.1) is 16.9 Å². The van der Waals surface area contributed by atoms with Crippen molar-refractivity contribution in [1.29, 1.82) is 0 Å². The standard InChI is InChI=1S/C23H21F2N5O4/c1-14(2)8-9-28-22(31)20-21(29(23(28)32)19-7-6-16(24)11-18(19)25)26-13-27(20)12-15-4-3-5-17(10-15)30(33)34/h3-7,10-11,13-14H,8-9,12H2,1-2H3. The van der Waals surface area contributed by atoms with Crippen LogP contribution in [0.25, 0.3) is 16.9 Å². The van der Waals surface area contributed by atoms with Crippen molar-refractivity contribution in [2.75, 3.05) is 0 Å². The fourth-order valence-corrected chi connectivity index (χ4v) is 3.73. The SMILES string of the molecule is CC(C)CCn1c(=O)c2c(ncn2Cc2cccc([N+](=O)[O-])c2)n(-c2ccc(F)cc2F)c1=O. The van der Waals surface area contributed by atoms with Gasteiger partial charge in [-0.3, -0.25) is 19.5 Å². The van der Waals surface area contributed by atoms with Crippen molar-refractivity contribution in [3.63, 3.8) is 0 Å². The molecule has 0 radical (unpaired) electrons. The summed E-state index contributed by atoms with van der Waals surface area (Å²) in [6.07, 6.45) is 1.83. The van der Waals surface area contributed by atoms with Gasteiger partial charge in [0.15, 0.2) is 11.2 Å². The number of imidazole rings is 1. The smallest absolute Gasteiger partial charge is 0.320 e. The predicted molar refractivity (Wildman–Crippen MR) is 121 cm³/mol. The van der Waals surface area contributed by atoms with Gasteiger partial charge in [0.25, 0.3) is 11.2 Å². The van der Waals surface area contributed by atoms with E-state index in [1.54, 1.807) is 6.07 Å². The number of aromatic nitrogens is 4. The van der Waals surface area contributed by atoms with Crippen LogP contribution in [0.15, 0.2) is 58.4 Å². The minimum atomic E-state index is -0.981. The number of hydrogen-bond acceptors (Lipinski definition) is 5. The second kappa shape index (κ2) is 9.00. The van der Waals surface area contributed by atoms with Gasteiger partial charge < -0.3 is 4.57 Å². The molecule has 0 unspecified atom stereocenters. The zero-order valence-corrected chi connectivity index (χ0v) is 18.4. The van der Waals surface area contributed by atoms with Gasteiger partial charge in [-0.1, -0.05) is 26.0 Å². The first kappa shape index (κ1) is 23.0. The van der Waals surface area contributed by atoms with Crippen LogP contribution in [-0.4, -0.2) is 23.6 Å². The Kier molecular flexibility index (Phi) is 6.10. The number of rotatable bonds is 7. The molecule has 0 bridgehead atoms. The van der Waals surface area contributed by atoms with E-state index in [0.717, 1.165) is 21.3 Å². The number of hydrogen-bond donors (Lipinski definition) is 0. The normalized spacial score (nSPS) is 11.4. The molecular weight excluding hydrogens is 448 g/mol. The minimum Gasteiger partial charge on any atom is -0.320 e. The Bertz CT molecular complexity index is 1520. The highest BCUT2D eigenvalue weighted by atomic mass is 19.1. The summed E-state index contributed by atoms with van der Waals surface area (Å²) in [6, 6.07) is 8.69. The predicted octanol–water partition coefficient (Wildman–Crippen LogP) is 3.63. The lowest BCUT2D eigenvalue weighted by molar-refractivity contribution is -0.384. The van der Waals surface area contributed by atoms with Gasteiger partial charge in [0.1, 0.15) is 11.6 Å². The van der Waals surface area contributed by atoms with Crippen LogP contribution in [0, 0.1) is 27.7 Å². The maximum Gasteiger partial charge on any atom is 0.337 e. The Morgan fingerprint density at radius 1 is 1.12 bits per heavy atom. The van der Waals surface area contributed by atoms with E-state index in [-0.39, 0.29) is 41.5 Å². The van der Waals surface area contributed by atoms with Crippen LogP contribution in [0.3, 0.4) is 0 Å². The Balaban J connectivity index is 1.96. The summed E-state index contributed by atoms with van der Waals surface area (Å²) in [4.78, 5) is 41.4. The lowest BCUT2D eigenvalue weighted by Gasteiger charge is -2.14. The van der Waals surface area contributed by atoms with Crippen LogP contribution in [0.5, 0.6) is 0 Å². The van der Waals surface area contributed by atoms with E-state index < -0.39 is 27.8 Å². The second-order valence-corrected chi connectivity index (χ2v) is 8.32. The summed E-state index contributed by atoms with van der Waals surface area (Å²) in [5, 5.41) is 11.1. The number of nitro benzene ring substituents is 1. The monoisotopic (exact) mass is 469 g/mol. The van der Waals surface area contributed by atoms with Gasteiger partial charge in [-0.2, -0.15) is 0 Å². The lowest BCUT2D eigenvalue weighted by atomic mass is 10.1. The Morgan fingerprint density at radius 3 is 2.56 bits per heavy atom. The van der Waals surface area contributed by atoms with E-state index in [9.17, 15) is 28.5 Å². The zero-order chi connectivity index (χ0) is 24.6. The van der Waals surface area contributed by atoms with Gasteiger partial charge in [-0.05, 0) is 30.0 Å². The summed E-state index contributed by atoms with van der Waals surface area (Å²) < 4.78 is 31.6. The molecule has 0 aliphatic carbocycles. The van der Waals surface area contributed by atoms with Gasteiger partial charge in [0, 0.05) is 31.3 Å². The van der Waals surface area contributed by atoms with Crippen molar-refractivity contribution < 1.29 is 13.7 Å². The third-order valence-electron chi connectivity index (χ3n) is 5.46. The number of nitrogens with zero attached hydrogens (tertiary/aromatic N) is 5. The molecule has 2 aromatic carbocycles. The van der Waals surface area contributed by atoms with E-state index in [0.29, 0.717) is 18.1 Å². The van der Waals surface area contributed by atoms with Crippen LogP contribution in [0.2, 0.25) is 0 Å². The summed E-state index contributed by atoms with van der Waals surface area (Å²) in [5.74, 6) is -1.60. The molecule has 2 aromatic heterocycles. The van der Waals surface area contributed by atoms with Crippen LogP contribution < -0.4 is 11.2 Å². The Hall–Kier alpha value is -4.15. The highest BCUT2D eigenvalue weighted by molar-refractivity contribution is 5.72. The van der Waals surface area contributed by atoms with Gasteiger partial charge in [-0.25, -0.2) is 23.1 Å². The van der Waals surface area contributed by atoms with Crippen molar-refractivity contribution in [3.8, 4) is 5.69 Å². The fourth-order valence-electron chi connectivity index (χ4n) is 3.73. The molecule has 0 saturated heterocycles. The summed E-state index contributed by atoms with van der Waals surface area (Å²) in [6.45, 7) is 4.03. The van der Waals surface area contributed by atoms with E-state index in [1.165, 1.54) is 29.1 Å². The van der Waals surface area contributed by atoms with Crippen molar-refractivity contribution in [1.82, 2.24) is 18.7 Å². The van der Waals surface area contributed by atoms with Crippen molar-refractivity contribution in [2.45, 2.75) is 33.4 Å². The number of halogens is 2. The van der Waals surface area contributed by atoms with Crippen molar-refractivity contribution >= 4 is 16.9 Å². The highest BCUT2D eigenvalue weighted by Gasteiger charge is 2.21. The zero-order valence-electron chi connectivity index (χ0n) is 18.4. The topological polar surface area (TPSA) is 105 Å². The van der Waals surface area contributed by atoms with E-state index in [1.807, 2.05) is 13.8 Å². The van der Waals surface area contributed by atoms with Crippen molar-refractivity contribution in [2.24, 2.45) is 5.92 Å². The largest absolute Gasteiger partial charge is 0.337 e. The summed E-state index contributed by atoms with van der Waals surface area (Å²) in [7, 11) is 0. The fraction of sp³-hybridized carbons (Fsp3) is 0.261. The van der Waals surface area contributed by atoms with Gasteiger partial charge >= 0.3 is 5.69 Å². The molecule has 9 nitrogen and oxygen atoms in total. The molecule has 0 atom stereocenters. The highest BCUT2D eigenvalue weighted by Crippen LogP contribution is 2.19. The minimum absolute atomic E-state index is 0.0265. The van der Waals surface area contributed by atoms with Gasteiger partial charge in [-0.15, -0.1) is 0 Å². The molecule has 4 aromatic rings. The van der Waals surface area contributed by atoms with E-state index >= 15 is 0 Å². The molecule has 0 aliphatic rings. The molecule has 4 rings (SSSR count). The summed E-state index contributed by atoms with van der Waals surface area (Å²) >= 11 is 0. The average Bonchev–Trinajstić information content (AvgIpc) is 3.18. The molecule has 176 valence electrons. The first-order chi connectivity index (χ1) is 16.2. The molecule has 2 heterocycles. The van der Waals surface area contributed by atoms with Crippen LogP contribution >= 0.6 is 0 Å². The number of benzene rings is 2. The number of fused-ring (bicyclic) bond motifs is 1. The maximum atomic E-state index is 14.7. The first-order valence-corrected chi connectivity index (χ1v) is 10.6. The Morgan fingerprint density at radius 2 is 1.88 bits per heavy atom. The lowest BCUT2D eigenvalue weighted by Crippen LogP contribution is -2.40. The molecule has 11 heteroatoms. The third kappa shape index (κ3) is 4.24. The number of nitro groups is 1. The molecule has 0 N–H and O–H groups in total. The average molecular weight is 469 g/mol. The number of non-ortho nitro benzene ring substituents is 1. The second-order valence-electron chi connectivity index (χ2n) is 8.32. The molecule has 0 spiro atoms. The van der Waals surface area contributed by atoms with Crippen LogP contribution in [0.4, 0.5) is 14.5 Å². The molecule has 0 amide bonds.